The quantitative estimate of drug-likeness (QED) is 0.0798. The van der Waals surface area contributed by atoms with Crippen LogP contribution in [0.4, 0.5) is 0 Å². The van der Waals surface area contributed by atoms with Crippen LogP contribution < -0.4 is 0 Å². The average Bonchev–Trinajstić information content (AvgIpc) is 1.37. The number of Topliss-reactive ketones (excluding diaryl/α,β-unsaturated/α-hetero) is 8. The Morgan fingerprint density at radius 2 is 0.466 bits per heavy atom. The van der Waals surface area contributed by atoms with E-state index in [4.69, 9.17) is 0 Å². The molecule has 428 valence electrons. The van der Waals surface area contributed by atoms with E-state index in [1.165, 1.54) is 11.8 Å². The monoisotopic (exact) mass is 1280 g/mol. The summed E-state index contributed by atoms with van der Waals surface area (Å²) < 4.78 is -2.78. The largest absolute Gasteiger partial charge is 0.341 e. The molecule has 0 radical (unpaired) electrons. The minimum Gasteiger partial charge on any atom is -0.341 e. The standard InChI is InChI=1S/C72H45NO8S7/c1-2-73-67-69(82-61(55(76)45-31-15-5-16-32-45)51(53(74)43-27-11-3-12-28-43)71(67)85-63(57(78)47-35-19-7-20-36-47)64(86-71)58(79)48-37-21-8-22-38-48)84-70-68(73)72(52(54(75)44-29-13-4-14-30-44)62(83-70)56(77)46-33-17-6-18-34-46)87-65(59(80)49-39-23-9-24-40-49)66(88-72)60(81)50-41-25-10-26-42-50/h3-42H,2H2,1H3. The van der Waals surface area contributed by atoms with Gasteiger partial charge in [-0.1, -0.05) is 325 Å². The maximum Gasteiger partial charge on any atom is 0.200 e. The third-order valence-electron chi connectivity index (χ3n) is 14.9. The fraction of sp³-hybridized carbons (Fsp3) is 0.0556. The normalized spacial score (nSPS) is 16.7. The Balaban J connectivity index is 1.11. The lowest BCUT2D eigenvalue weighted by Crippen LogP contribution is -2.49. The van der Waals surface area contributed by atoms with Gasteiger partial charge in [0.1, 0.15) is 8.16 Å². The maximum atomic E-state index is 16.4. The van der Waals surface area contributed by atoms with Gasteiger partial charge in [-0.2, -0.15) is 0 Å². The zero-order valence-electron chi connectivity index (χ0n) is 46.4. The van der Waals surface area contributed by atoms with Crippen molar-refractivity contribution in [2.75, 3.05) is 6.54 Å². The molecule has 0 fully saturated rings. The van der Waals surface area contributed by atoms with Gasteiger partial charge in [-0.3, -0.25) is 38.4 Å². The summed E-state index contributed by atoms with van der Waals surface area (Å²) in [6.45, 7) is 1.97. The second-order valence-corrected chi connectivity index (χ2v) is 29.2. The van der Waals surface area contributed by atoms with Crippen LogP contribution in [0.15, 0.2) is 303 Å². The van der Waals surface area contributed by atoms with E-state index in [-0.39, 0.29) is 91.6 Å². The number of ketones is 8. The third kappa shape index (κ3) is 10.4. The average molecular weight is 1280 g/mol. The van der Waals surface area contributed by atoms with Crippen LogP contribution in [-0.4, -0.2) is 65.9 Å². The van der Waals surface area contributed by atoms with Crippen LogP contribution in [0.3, 0.4) is 0 Å². The zero-order valence-corrected chi connectivity index (χ0v) is 52.1. The second kappa shape index (κ2) is 24.8. The van der Waals surface area contributed by atoms with E-state index in [0.717, 1.165) is 70.6 Å². The Labute approximate surface area is 536 Å². The molecule has 13 rings (SSSR count). The Bertz CT molecular complexity index is 4040. The molecule has 0 N–H and O–H groups in total. The van der Waals surface area contributed by atoms with Crippen LogP contribution in [0.2, 0.25) is 0 Å². The molecule has 0 saturated carbocycles. The van der Waals surface area contributed by atoms with E-state index < -0.39 is 54.4 Å². The SMILES string of the molecule is CCN1C2=C(SC3=C1C1(SC(C(=O)c4ccccc4)=C(C(=O)c4ccccc4)S1)C(C(=O)c1ccccc1)=C(C(=O)c1ccccc1)S3)SC(C(=O)c1ccccc1)=C(C(=O)c1ccccc1)C21SC(C(=O)c2ccccc2)=C(C(=O)c2ccccc2)S1. The number of fused-ring (bicyclic) bond motifs is 2. The van der Waals surface area contributed by atoms with Crippen LogP contribution in [0.25, 0.3) is 0 Å². The number of carbonyl (C=O) groups excluding carboxylic acids is 8. The van der Waals surface area contributed by atoms with Gasteiger partial charge in [-0.05, 0) is 6.92 Å². The van der Waals surface area contributed by atoms with Crippen molar-refractivity contribution >= 4 is 129 Å². The molecule has 5 aliphatic rings. The summed E-state index contributed by atoms with van der Waals surface area (Å²) in [5.41, 5.74) is 2.95. The summed E-state index contributed by atoms with van der Waals surface area (Å²) in [4.78, 5) is 129. The molecular weight excluding hydrogens is 1230 g/mol. The lowest BCUT2D eigenvalue weighted by molar-refractivity contribution is 0.100. The molecule has 0 saturated heterocycles. The molecule has 0 aliphatic carbocycles. The highest BCUT2D eigenvalue weighted by Crippen LogP contribution is 2.75. The summed E-state index contributed by atoms with van der Waals surface area (Å²) in [7, 11) is 0. The van der Waals surface area contributed by atoms with Crippen molar-refractivity contribution in [2.45, 2.75) is 15.1 Å². The predicted molar refractivity (Wildman–Crippen MR) is 359 cm³/mol. The predicted octanol–water partition coefficient (Wildman–Crippen LogP) is 17.2. The Hall–Kier alpha value is -8.19. The number of carbonyl (C=O) groups is 8. The lowest BCUT2D eigenvalue weighted by atomic mass is 9.93. The second-order valence-electron chi connectivity index (χ2n) is 20.2. The van der Waals surface area contributed by atoms with Crippen molar-refractivity contribution in [3.8, 4) is 0 Å². The summed E-state index contributed by atoms with van der Waals surface area (Å²) in [5.74, 6) is -4.01. The zero-order chi connectivity index (χ0) is 60.7. The maximum absolute atomic E-state index is 16.4. The molecule has 0 amide bonds. The van der Waals surface area contributed by atoms with Crippen LogP contribution >= 0.6 is 82.3 Å². The number of benzene rings is 8. The van der Waals surface area contributed by atoms with Crippen molar-refractivity contribution in [1.82, 2.24) is 4.90 Å². The number of hydrogen-bond donors (Lipinski definition) is 0. The van der Waals surface area contributed by atoms with E-state index in [1.807, 2.05) is 11.8 Å². The molecule has 8 aromatic rings. The van der Waals surface area contributed by atoms with Gasteiger partial charge in [0.25, 0.3) is 0 Å². The first-order valence-electron chi connectivity index (χ1n) is 27.7. The van der Waals surface area contributed by atoms with Crippen molar-refractivity contribution < 1.29 is 38.4 Å². The van der Waals surface area contributed by atoms with Gasteiger partial charge < -0.3 is 4.90 Å². The number of rotatable bonds is 17. The number of allylic oxidation sites excluding steroid dienone is 6. The van der Waals surface area contributed by atoms with E-state index in [1.54, 1.807) is 243 Å². The van der Waals surface area contributed by atoms with Crippen molar-refractivity contribution in [1.29, 1.82) is 0 Å². The van der Waals surface area contributed by atoms with Crippen molar-refractivity contribution in [3.63, 3.8) is 0 Å². The summed E-state index contributed by atoms with van der Waals surface area (Å²) in [6.07, 6.45) is 0. The van der Waals surface area contributed by atoms with Crippen LogP contribution in [0, 0.1) is 0 Å². The van der Waals surface area contributed by atoms with Gasteiger partial charge in [0.2, 0.25) is 23.1 Å². The third-order valence-corrected chi connectivity index (χ3v) is 25.0. The minimum absolute atomic E-state index is 0.00181. The topological polar surface area (TPSA) is 140 Å². The highest BCUT2D eigenvalue weighted by molar-refractivity contribution is 8.34. The van der Waals surface area contributed by atoms with E-state index in [2.05, 4.69) is 0 Å². The Morgan fingerprint density at radius 1 is 0.273 bits per heavy atom. The van der Waals surface area contributed by atoms with Gasteiger partial charge in [-0.25, -0.2) is 0 Å². The lowest BCUT2D eigenvalue weighted by Gasteiger charge is -2.51. The molecule has 0 atom stereocenters. The van der Waals surface area contributed by atoms with Gasteiger partial charge in [0.15, 0.2) is 23.1 Å². The molecule has 8 aromatic carbocycles. The van der Waals surface area contributed by atoms with Crippen LogP contribution in [0.5, 0.6) is 0 Å². The molecule has 5 heterocycles. The fourth-order valence-electron chi connectivity index (χ4n) is 10.8. The molecule has 0 unspecified atom stereocenters. The van der Waals surface area contributed by atoms with Gasteiger partial charge >= 0.3 is 0 Å². The van der Waals surface area contributed by atoms with Crippen LogP contribution in [0.1, 0.15) is 89.8 Å². The van der Waals surface area contributed by atoms with Gasteiger partial charge in [0, 0.05) is 51.1 Å². The van der Waals surface area contributed by atoms with Crippen molar-refractivity contribution in [2.24, 2.45) is 0 Å². The number of hydrogen-bond acceptors (Lipinski definition) is 16. The van der Waals surface area contributed by atoms with Gasteiger partial charge in [-0.15, -0.1) is 0 Å². The fourth-order valence-corrected chi connectivity index (χ4v) is 23.2. The first kappa shape index (κ1) is 58.8. The molecule has 16 heteroatoms. The molecule has 0 bridgehead atoms. The molecular formula is C72H45NO8S7. The number of nitrogens with zero attached hydrogens (tertiary/aromatic N) is 1. The number of thioether (sulfide) groups is 7. The highest BCUT2D eigenvalue weighted by atomic mass is 32.2. The van der Waals surface area contributed by atoms with E-state index in [9.17, 15) is 0 Å². The molecule has 88 heavy (non-hydrogen) atoms. The van der Waals surface area contributed by atoms with Crippen LogP contribution in [-0.2, 0) is 0 Å². The Morgan fingerprint density at radius 3 is 0.670 bits per heavy atom. The van der Waals surface area contributed by atoms with E-state index in [0.29, 0.717) is 19.9 Å². The first-order valence-corrected chi connectivity index (χ1v) is 33.5. The minimum atomic E-state index is -1.87. The smallest absolute Gasteiger partial charge is 0.200 e. The summed E-state index contributed by atoms with van der Waals surface area (Å²) in [5, 5.41) is 0. The highest BCUT2D eigenvalue weighted by Gasteiger charge is 2.65. The molecule has 0 aromatic heterocycles. The molecule has 5 aliphatic heterocycles. The molecule has 2 spiro atoms. The Kier molecular flexibility index (Phi) is 16.5. The van der Waals surface area contributed by atoms with Gasteiger partial charge in [0.05, 0.1) is 60.4 Å². The van der Waals surface area contributed by atoms with Crippen molar-refractivity contribution in [3.05, 3.63) is 348 Å². The first-order chi connectivity index (χ1) is 42.9. The van der Waals surface area contributed by atoms with E-state index >= 15 is 38.4 Å². The summed E-state index contributed by atoms with van der Waals surface area (Å²) in [6, 6.07) is 68.7. The molecule has 9 nitrogen and oxygen atoms in total. The summed E-state index contributed by atoms with van der Waals surface area (Å²) >= 11 is 7.51.